The molecule has 34 heavy (non-hydrogen) atoms. The summed E-state index contributed by atoms with van der Waals surface area (Å²) in [5.74, 6) is 0. The maximum absolute atomic E-state index is 5.35. The molecule has 0 radical (unpaired) electrons. The van der Waals surface area contributed by atoms with Gasteiger partial charge in [0, 0.05) is 22.6 Å². The Hall–Kier alpha value is -2.68. The van der Waals surface area contributed by atoms with Crippen molar-refractivity contribution < 1.29 is 4.57 Å². The largest absolute Gasteiger partial charge is 0.298 e. The molecule has 3 heteroatoms. The summed E-state index contributed by atoms with van der Waals surface area (Å²) in [5, 5.41) is 1.34. The molecule has 4 heterocycles. The molecule has 2 unspecified atom stereocenters. The fourth-order valence-corrected chi connectivity index (χ4v) is 7.31. The van der Waals surface area contributed by atoms with Gasteiger partial charge in [-0.2, -0.15) is 4.40 Å². The molecule has 3 nitrogen and oxygen atoms in total. The van der Waals surface area contributed by atoms with Gasteiger partial charge >= 0.3 is 0 Å². The molecule has 0 saturated heterocycles. The fraction of sp³-hybridized carbons (Fsp3) is 0.484. The first-order valence-electron chi connectivity index (χ1n) is 13.0. The minimum Gasteiger partial charge on any atom is -0.252 e. The Morgan fingerprint density at radius 1 is 0.941 bits per heavy atom. The van der Waals surface area contributed by atoms with E-state index in [-0.39, 0.29) is 21.8 Å². The number of fused-ring (bicyclic) bond motifs is 6. The normalized spacial score (nSPS) is 24.1. The van der Waals surface area contributed by atoms with Gasteiger partial charge in [-0.05, 0) is 49.1 Å². The molecule has 6 rings (SSSR count). The van der Waals surface area contributed by atoms with Crippen molar-refractivity contribution in [3.05, 3.63) is 65.0 Å². The van der Waals surface area contributed by atoms with Gasteiger partial charge in [0.25, 0.3) is 5.65 Å². The lowest BCUT2D eigenvalue weighted by Gasteiger charge is -2.56. The van der Waals surface area contributed by atoms with Gasteiger partial charge in [-0.1, -0.05) is 73.6 Å². The summed E-state index contributed by atoms with van der Waals surface area (Å²) < 4.78 is 5.27. The Bertz CT molecular complexity index is 1550. The van der Waals surface area contributed by atoms with E-state index in [1.807, 2.05) is 0 Å². The first-order chi connectivity index (χ1) is 15.9. The fourth-order valence-electron chi connectivity index (χ4n) is 7.31. The van der Waals surface area contributed by atoms with Crippen LogP contribution in [0.15, 0.2) is 48.0 Å². The predicted molar refractivity (Wildman–Crippen MR) is 142 cm³/mol. The number of allylic oxidation sites excluding steroid dienone is 2. The van der Waals surface area contributed by atoms with Crippen LogP contribution in [-0.2, 0) is 21.8 Å². The van der Waals surface area contributed by atoms with Gasteiger partial charge in [0.1, 0.15) is 11.2 Å². The van der Waals surface area contributed by atoms with E-state index in [1.165, 1.54) is 44.6 Å². The maximum atomic E-state index is 5.35. The number of imidazole rings is 1. The lowest BCUT2D eigenvalue weighted by atomic mass is 9.49. The van der Waals surface area contributed by atoms with E-state index in [9.17, 15) is 0 Å². The molecule has 4 aromatic rings. The molecule has 0 saturated carbocycles. The number of pyridine rings is 2. The van der Waals surface area contributed by atoms with Crippen molar-refractivity contribution in [1.82, 2.24) is 9.38 Å². The molecule has 2 aliphatic rings. The molecule has 0 N–H and O–H groups in total. The molecular formula is C31H38N3+. The van der Waals surface area contributed by atoms with E-state index in [1.54, 1.807) is 0 Å². The highest BCUT2D eigenvalue weighted by Gasteiger charge is 2.66. The SMILES string of the molecule is CCC12C=C(C)C1(CC)[n+]1c3ccccc3n3c(C(C)(C)C)cc4nc(C(C)(C)C)cc2c4c31. The number of benzene rings is 1. The minimum atomic E-state index is -0.0525. The number of hydrogen-bond acceptors (Lipinski definition) is 1. The quantitative estimate of drug-likeness (QED) is 0.232. The van der Waals surface area contributed by atoms with Gasteiger partial charge in [0.2, 0.25) is 0 Å². The van der Waals surface area contributed by atoms with Crippen molar-refractivity contribution in [2.24, 2.45) is 0 Å². The average Bonchev–Trinajstić information content (AvgIpc) is 3.11. The molecular weight excluding hydrogens is 414 g/mol. The summed E-state index contributed by atoms with van der Waals surface area (Å²) in [6.45, 7) is 21.0. The third-order valence-corrected chi connectivity index (χ3v) is 8.89. The summed E-state index contributed by atoms with van der Waals surface area (Å²) in [6, 6.07) is 13.9. The molecule has 0 bridgehead atoms. The second kappa shape index (κ2) is 6.30. The van der Waals surface area contributed by atoms with E-state index >= 15 is 0 Å². The zero-order valence-corrected chi connectivity index (χ0v) is 22.3. The van der Waals surface area contributed by atoms with Crippen LogP contribution in [0.1, 0.15) is 92.1 Å². The zero-order valence-electron chi connectivity index (χ0n) is 22.3. The van der Waals surface area contributed by atoms with Crippen molar-refractivity contribution in [2.75, 3.05) is 0 Å². The minimum absolute atomic E-state index is 0.00878. The molecule has 1 aliphatic heterocycles. The Morgan fingerprint density at radius 2 is 1.65 bits per heavy atom. The predicted octanol–water partition coefficient (Wildman–Crippen LogP) is 7.25. The molecule has 1 aliphatic carbocycles. The van der Waals surface area contributed by atoms with Gasteiger partial charge < -0.3 is 0 Å². The van der Waals surface area contributed by atoms with Crippen molar-refractivity contribution >= 4 is 27.6 Å². The Labute approximate surface area is 203 Å². The van der Waals surface area contributed by atoms with Crippen LogP contribution in [-0.4, -0.2) is 9.38 Å². The second-order valence-electron chi connectivity index (χ2n) is 12.7. The highest BCUT2D eigenvalue weighted by molar-refractivity contribution is 5.99. The van der Waals surface area contributed by atoms with Gasteiger partial charge in [-0.3, -0.25) is 4.98 Å². The standard InChI is InChI=1S/C31H38N3/c1-10-30-18-19(3)31(30,11-2)34-23-15-13-12-14-22(23)33-25(29(7,8)9)17-21-26(27(33)34)20(30)16-24(32-21)28(4,5)6/h12-18H,10-11H2,1-9H3/q+1. The first kappa shape index (κ1) is 21.8. The van der Waals surface area contributed by atoms with Crippen LogP contribution in [0.2, 0.25) is 0 Å². The van der Waals surface area contributed by atoms with E-state index < -0.39 is 0 Å². The summed E-state index contributed by atoms with van der Waals surface area (Å²) in [4.78, 5) is 5.35. The smallest absolute Gasteiger partial charge is 0.252 e. The Balaban J connectivity index is 1.99. The summed E-state index contributed by atoms with van der Waals surface area (Å²) in [7, 11) is 0. The van der Waals surface area contributed by atoms with Crippen molar-refractivity contribution in [2.45, 2.75) is 96.9 Å². The summed E-state index contributed by atoms with van der Waals surface area (Å²) in [6.07, 6.45) is 4.73. The first-order valence-corrected chi connectivity index (χ1v) is 13.0. The number of rotatable bonds is 2. The van der Waals surface area contributed by atoms with Gasteiger partial charge in [0.15, 0.2) is 11.0 Å². The summed E-state index contributed by atoms with van der Waals surface area (Å²) in [5.41, 5.74) is 10.5. The average molecular weight is 453 g/mol. The Morgan fingerprint density at radius 3 is 2.24 bits per heavy atom. The van der Waals surface area contributed by atoms with Gasteiger partial charge in [-0.25, -0.2) is 4.57 Å². The molecule has 2 atom stereocenters. The van der Waals surface area contributed by atoms with Crippen LogP contribution in [0, 0.1) is 0 Å². The lowest BCUT2D eigenvalue weighted by molar-refractivity contribution is -0.725. The summed E-state index contributed by atoms with van der Waals surface area (Å²) >= 11 is 0. The molecule has 3 aromatic heterocycles. The zero-order chi connectivity index (χ0) is 24.4. The Kier molecular flexibility index (Phi) is 4.04. The van der Waals surface area contributed by atoms with Crippen molar-refractivity contribution in [1.29, 1.82) is 0 Å². The lowest BCUT2D eigenvalue weighted by Crippen LogP contribution is -2.73. The number of hydrogen-bond donors (Lipinski definition) is 0. The van der Waals surface area contributed by atoms with Crippen molar-refractivity contribution in [3.63, 3.8) is 0 Å². The van der Waals surface area contributed by atoms with Crippen molar-refractivity contribution in [3.8, 4) is 0 Å². The van der Waals surface area contributed by atoms with E-state index in [0.717, 1.165) is 18.4 Å². The van der Waals surface area contributed by atoms with Crippen LogP contribution in [0.5, 0.6) is 0 Å². The molecule has 0 amide bonds. The highest BCUT2D eigenvalue weighted by atomic mass is 15.2. The molecule has 0 spiro atoms. The van der Waals surface area contributed by atoms with Crippen LogP contribution >= 0.6 is 0 Å². The van der Waals surface area contributed by atoms with Crippen LogP contribution < -0.4 is 4.57 Å². The third kappa shape index (κ3) is 2.25. The topological polar surface area (TPSA) is 21.2 Å². The van der Waals surface area contributed by atoms with E-state index in [4.69, 9.17) is 4.98 Å². The van der Waals surface area contributed by atoms with E-state index in [2.05, 4.69) is 114 Å². The second-order valence-corrected chi connectivity index (χ2v) is 12.7. The number of para-hydroxylation sites is 2. The highest BCUT2D eigenvalue weighted by Crippen LogP contribution is 2.61. The van der Waals surface area contributed by atoms with Crippen LogP contribution in [0.3, 0.4) is 0 Å². The molecule has 0 fully saturated rings. The van der Waals surface area contributed by atoms with Crippen LogP contribution in [0.4, 0.5) is 0 Å². The van der Waals surface area contributed by atoms with Gasteiger partial charge in [-0.15, -0.1) is 0 Å². The maximum Gasteiger partial charge on any atom is 0.298 e. The third-order valence-electron chi connectivity index (χ3n) is 8.89. The van der Waals surface area contributed by atoms with Gasteiger partial charge in [0.05, 0.1) is 16.3 Å². The molecule has 1 aromatic carbocycles. The monoisotopic (exact) mass is 452 g/mol. The van der Waals surface area contributed by atoms with E-state index in [0.29, 0.717) is 0 Å². The van der Waals surface area contributed by atoms with Crippen LogP contribution in [0.25, 0.3) is 27.6 Å². The number of aromatic nitrogens is 3. The number of nitrogens with zero attached hydrogens (tertiary/aromatic N) is 3. The molecule has 176 valence electrons.